The summed E-state index contributed by atoms with van der Waals surface area (Å²) in [6.07, 6.45) is 4.68. The van der Waals surface area contributed by atoms with Crippen molar-refractivity contribution in [3.8, 4) is 28.7 Å². The summed E-state index contributed by atoms with van der Waals surface area (Å²) in [5, 5.41) is 9.66. The van der Waals surface area contributed by atoms with Crippen molar-refractivity contribution >= 4 is 16.9 Å². The molecule has 0 spiro atoms. The number of likely N-dealkylation sites (N-methyl/N-ethyl adjacent to an activating group) is 1. The van der Waals surface area contributed by atoms with Gasteiger partial charge in [0.25, 0.3) is 5.91 Å². The minimum Gasteiger partial charge on any atom is -0.434 e. The van der Waals surface area contributed by atoms with Gasteiger partial charge < -0.3 is 19.5 Å². The first-order valence-corrected chi connectivity index (χ1v) is 12.7. The molecule has 210 valence electrons. The van der Waals surface area contributed by atoms with E-state index in [0.717, 1.165) is 6.07 Å². The molecule has 1 saturated heterocycles. The molecule has 6 rings (SSSR count). The number of amides is 1. The van der Waals surface area contributed by atoms with Crippen molar-refractivity contribution < 1.29 is 22.7 Å². The number of hydrogen-bond donors (Lipinski definition) is 2. The van der Waals surface area contributed by atoms with Crippen LogP contribution in [0.25, 0.3) is 33.9 Å². The van der Waals surface area contributed by atoms with Crippen LogP contribution in [0.15, 0.2) is 61.2 Å². The quantitative estimate of drug-likeness (QED) is 0.307. The molecule has 1 aliphatic rings. The summed E-state index contributed by atoms with van der Waals surface area (Å²) in [4.78, 5) is 32.4. The van der Waals surface area contributed by atoms with E-state index in [1.54, 1.807) is 24.4 Å². The zero-order valence-corrected chi connectivity index (χ0v) is 21.7. The summed E-state index contributed by atoms with van der Waals surface area (Å²) >= 11 is 0. The first-order valence-electron chi connectivity index (χ1n) is 12.7. The second-order valence-corrected chi connectivity index (χ2v) is 9.71. The lowest BCUT2D eigenvalue weighted by atomic mass is 9.99. The Morgan fingerprint density at radius 3 is 2.78 bits per heavy atom. The Hall–Kier alpha value is -4.85. The Bertz CT molecular complexity index is 1690. The number of benzene rings is 1. The van der Waals surface area contributed by atoms with Gasteiger partial charge in [0.15, 0.2) is 5.82 Å². The maximum Gasteiger partial charge on any atom is 0.387 e. The van der Waals surface area contributed by atoms with Crippen molar-refractivity contribution in [3.05, 3.63) is 72.7 Å². The summed E-state index contributed by atoms with van der Waals surface area (Å²) in [5.74, 6) is -0.208. The molecule has 5 heterocycles. The van der Waals surface area contributed by atoms with Crippen LogP contribution in [0, 0.1) is 5.82 Å². The fourth-order valence-electron chi connectivity index (χ4n) is 5.23. The van der Waals surface area contributed by atoms with Crippen molar-refractivity contribution in [3.63, 3.8) is 0 Å². The number of imidazole rings is 1. The predicted molar refractivity (Wildman–Crippen MR) is 142 cm³/mol. The number of fused-ring (bicyclic) bond motifs is 1. The van der Waals surface area contributed by atoms with Crippen LogP contribution in [0.3, 0.4) is 0 Å². The normalized spacial score (nSPS) is 17.7. The number of pyridine rings is 2. The number of nitrogens with zero attached hydrogens (tertiary/aromatic N) is 7. The molecule has 41 heavy (non-hydrogen) atoms. The minimum atomic E-state index is -3.02. The number of rotatable bonds is 7. The standard InChI is InChI=1S/C27H24F3N9O2/c1-38-12-16(35-26(40)20-8-15(28)6-7-31-20)9-17(13-38)39-22-10-19(24-33-14-34-37-24)32-11-21(22)36-25(39)18-4-2-3-5-23(18)41-27(29)30/h2-8,10-11,14,16-17,27H,9,12-13H2,1H3,(H,35,40)(H,33,34,37)/t16-,17+/m1/s1. The molecule has 0 radical (unpaired) electrons. The van der Waals surface area contributed by atoms with E-state index in [-0.39, 0.29) is 23.5 Å². The molecule has 2 atom stereocenters. The second-order valence-electron chi connectivity index (χ2n) is 9.71. The fourth-order valence-corrected chi connectivity index (χ4v) is 5.23. The van der Waals surface area contributed by atoms with E-state index in [1.165, 1.54) is 24.7 Å². The zero-order valence-electron chi connectivity index (χ0n) is 21.7. The number of likely N-dealkylation sites (tertiary alicyclic amines) is 1. The molecule has 4 aromatic heterocycles. The van der Waals surface area contributed by atoms with Crippen molar-refractivity contribution in [2.75, 3.05) is 20.1 Å². The van der Waals surface area contributed by atoms with Crippen LogP contribution in [0.2, 0.25) is 0 Å². The molecule has 1 amide bonds. The highest BCUT2D eigenvalue weighted by Crippen LogP contribution is 2.37. The van der Waals surface area contributed by atoms with Gasteiger partial charge in [-0.15, -0.1) is 0 Å². The van der Waals surface area contributed by atoms with E-state index >= 15 is 0 Å². The molecule has 2 N–H and O–H groups in total. The van der Waals surface area contributed by atoms with Gasteiger partial charge in [0.1, 0.15) is 40.6 Å². The predicted octanol–water partition coefficient (Wildman–Crippen LogP) is 3.69. The van der Waals surface area contributed by atoms with Crippen LogP contribution in [0.4, 0.5) is 13.2 Å². The highest BCUT2D eigenvalue weighted by molar-refractivity contribution is 5.92. The van der Waals surface area contributed by atoms with Gasteiger partial charge in [-0.05, 0) is 37.7 Å². The van der Waals surface area contributed by atoms with Crippen molar-refractivity contribution in [2.24, 2.45) is 0 Å². The van der Waals surface area contributed by atoms with E-state index in [2.05, 4.69) is 30.5 Å². The molecule has 5 aromatic rings. The molecule has 0 unspecified atom stereocenters. The summed E-state index contributed by atoms with van der Waals surface area (Å²) < 4.78 is 47.2. The number of ether oxygens (including phenoxy) is 1. The number of alkyl halides is 2. The number of para-hydroxylation sites is 1. The second kappa shape index (κ2) is 11.0. The van der Waals surface area contributed by atoms with Gasteiger partial charge in [0.05, 0.1) is 23.3 Å². The minimum absolute atomic E-state index is 0.0198. The van der Waals surface area contributed by atoms with E-state index in [1.807, 2.05) is 22.6 Å². The fraction of sp³-hybridized carbons (Fsp3) is 0.259. The Morgan fingerprint density at radius 1 is 1.15 bits per heavy atom. The maximum absolute atomic E-state index is 13.7. The van der Waals surface area contributed by atoms with Crippen molar-refractivity contribution in [1.29, 1.82) is 0 Å². The van der Waals surface area contributed by atoms with Gasteiger partial charge in [-0.2, -0.15) is 13.9 Å². The highest BCUT2D eigenvalue weighted by Gasteiger charge is 2.32. The zero-order chi connectivity index (χ0) is 28.5. The number of H-pyrrole nitrogens is 1. The van der Waals surface area contributed by atoms with Crippen molar-refractivity contribution in [2.45, 2.75) is 25.1 Å². The van der Waals surface area contributed by atoms with E-state index in [0.29, 0.717) is 53.4 Å². The molecule has 0 aliphatic carbocycles. The molecule has 14 heteroatoms. The smallest absolute Gasteiger partial charge is 0.387 e. The monoisotopic (exact) mass is 563 g/mol. The molecular formula is C27H24F3N9O2. The first kappa shape index (κ1) is 26.4. The van der Waals surface area contributed by atoms with Crippen LogP contribution in [-0.4, -0.2) is 78.3 Å². The first-order chi connectivity index (χ1) is 19.9. The van der Waals surface area contributed by atoms with E-state index < -0.39 is 18.3 Å². The Morgan fingerprint density at radius 2 is 2.00 bits per heavy atom. The number of aromatic amines is 1. The number of hydrogen-bond acceptors (Lipinski definition) is 8. The van der Waals surface area contributed by atoms with Crippen LogP contribution in [0.1, 0.15) is 23.0 Å². The number of aromatic nitrogens is 7. The summed E-state index contributed by atoms with van der Waals surface area (Å²) in [6.45, 7) is -1.92. The largest absolute Gasteiger partial charge is 0.434 e. The third-order valence-electron chi connectivity index (χ3n) is 6.84. The van der Waals surface area contributed by atoms with Crippen LogP contribution in [-0.2, 0) is 0 Å². The van der Waals surface area contributed by atoms with Gasteiger partial charge in [0, 0.05) is 31.4 Å². The number of nitrogens with one attached hydrogen (secondary N) is 2. The van der Waals surface area contributed by atoms with Crippen LogP contribution >= 0.6 is 0 Å². The number of carbonyl (C=O) groups excluding carboxylic acids is 1. The summed E-state index contributed by atoms with van der Waals surface area (Å²) in [5.41, 5.74) is 2.09. The molecule has 0 saturated carbocycles. The molecule has 1 fully saturated rings. The highest BCUT2D eigenvalue weighted by atomic mass is 19.3. The van der Waals surface area contributed by atoms with E-state index in [4.69, 9.17) is 9.72 Å². The molecular weight excluding hydrogens is 539 g/mol. The lowest BCUT2D eigenvalue weighted by molar-refractivity contribution is -0.0494. The number of piperidine rings is 1. The third-order valence-corrected chi connectivity index (χ3v) is 6.84. The number of carbonyl (C=O) groups is 1. The summed E-state index contributed by atoms with van der Waals surface area (Å²) in [7, 11) is 1.92. The molecule has 1 aliphatic heterocycles. The van der Waals surface area contributed by atoms with Gasteiger partial charge in [-0.1, -0.05) is 12.1 Å². The van der Waals surface area contributed by atoms with Crippen molar-refractivity contribution in [1.82, 2.24) is 44.9 Å². The Kier molecular flexibility index (Phi) is 7.05. The third kappa shape index (κ3) is 5.45. The Labute approximate surface area is 231 Å². The Balaban J connectivity index is 1.43. The van der Waals surface area contributed by atoms with Crippen LogP contribution < -0.4 is 10.1 Å². The number of halogens is 3. The SMILES string of the molecule is CN1C[C@H](NC(=O)c2cc(F)ccn2)C[C@H](n2c(-c3ccccc3OC(F)F)nc3cnc(-c4ncn[nH]4)cc32)C1. The maximum atomic E-state index is 13.7. The van der Waals surface area contributed by atoms with E-state index in [9.17, 15) is 18.0 Å². The van der Waals surface area contributed by atoms with Gasteiger partial charge in [-0.3, -0.25) is 19.9 Å². The summed E-state index contributed by atoms with van der Waals surface area (Å²) in [6, 6.07) is 9.93. The van der Waals surface area contributed by atoms with Gasteiger partial charge in [-0.25, -0.2) is 14.4 Å². The van der Waals surface area contributed by atoms with Gasteiger partial charge >= 0.3 is 6.61 Å². The van der Waals surface area contributed by atoms with Gasteiger partial charge in [0.2, 0.25) is 0 Å². The van der Waals surface area contributed by atoms with Crippen LogP contribution in [0.5, 0.6) is 5.75 Å². The average molecular weight is 564 g/mol. The average Bonchev–Trinajstić information content (AvgIpc) is 3.61. The topological polar surface area (TPSA) is 127 Å². The molecule has 0 bridgehead atoms. The lowest BCUT2D eigenvalue weighted by Gasteiger charge is -2.37. The lowest BCUT2D eigenvalue weighted by Crippen LogP contribution is -2.50. The molecule has 11 nitrogen and oxygen atoms in total. The molecule has 1 aromatic carbocycles.